The number of carbonyl (C=O) groups excluding carboxylic acids is 1. The average Bonchev–Trinajstić information content (AvgIpc) is 2.63. The van der Waals surface area contributed by atoms with Gasteiger partial charge in [-0.2, -0.15) is 13.2 Å². The maximum Gasteiger partial charge on any atom is 0.416 e. The van der Waals surface area contributed by atoms with E-state index in [9.17, 15) is 18.0 Å². The van der Waals surface area contributed by atoms with Crippen LogP contribution >= 0.6 is 0 Å². The SMILES string of the molecule is Cc1ccc(NC(=O)c2cccnc2Oc2cccc(C(F)(F)F)c2)nc1. The molecule has 5 nitrogen and oxygen atoms in total. The Morgan fingerprint density at radius 1 is 1.07 bits per heavy atom. The third kappa shape index (κ3) is 4.60. The fourth-order valence-corrected chi connectivity index (χ4v) is 2.22. The molecule has 1 aromatic carbocycles. The Labute approximate surface area is 152 Å². The highest BCUT2D eigenvalue weighted by molar-refractivity contribution is 6.05. The van der Waals surface area contributed by atoms with Crippen molar-refractivity contribution in [2.24, 2.45) is 0 Å². The van der Waals surface area contributed by atoms with Gasteiger partial charge in [-0.1, -0.05) is 12.1 Å². The molecule has 0 bridgehead atoms. The van der Waals surface area contributed by atoms with Gasteiger partial charge in [-0.05, 0) is 48.9 Å². The van der Waals surface area contributed by atoms with Crippen molar-refractivity contribution in [3.8, 4) is 11.6 Å². The van der Waals surface area contributed by atoms with Crippen molar-refractivity contribution in [1.82, 2.24) is 9.97 Å². The van der Waals surface area contributed by atoms with Crippen LogP contribution in [0.5, 0.6) is 11.6 Å². The number of benzene rings is 1. The summed E-state index contributed by atoms with van der Waals surface area (Å²) < 4.78 is 44.0. The molecule has 0 atom stereocenters. The van der Waals surface area contributed by atoms with E-state index in [1.165, 1.54) is 30.5 Å². The molecule has 138 valence electrons. The first-order chi connectivity index (χ1) is 12.8. The topological polar surface area (TPSA) is 64.1 Å². The van der Waals surface area contributed by atoms with Crippen LogP contribution < -0.4 is 10.1 Å². The number of aryl methyl sites for hydroxylation is 1. The van der Waals surface area contributed by atoms with Crippen LogP contribution in [0.4, 0.5) is 19.0 Å². The van der Waals surface area contributed by atoms with Crippen LogP contribution in [0.1, 0.15) is 21.5 Å². The standard InChI is InChI=1S/C19H14F3N3O2/c1-12-7-8-16(24-11-12)25-17(26)15-6-3-9-23-18(15)27-14-5-2-4-13(10-14)19(20,21)22/h2-11H,1H3,(H,24,25,26). The Balaban J connectivity index is 1.84. The van der Waals surface area contributed by atoms with Crippen molar-refractivity contribution in [1.29, 1.82) is 0 Å². The van der Waals surface area contributed by atoms with E-state index in [0.29, 0.717) is 5.82 Å². The van der Waals surface area contributed by atoms with E-state index in [1.807, 2.05) is 6.92 Å². The first-order valence-electron chi connectivity index (χ1n) is 7.87. The van der Waals surface area contributed by atoms with Crippen molar-refractivity contribution in [2.45, 2.75) is 13.1 Å². The highest BCUT2D eigenvalue weighted by atomic mass is 19.4. The molecule has 0 unspecified atom stereocenters. The summed E-state index contributed by atoms with van der Waals surface area (Å²) in [4.78, 5) is 20.5. The lowest BCUT2D eigenvalue weighted by molar-refractivity contribution is -0.137. The normalized spacial score (nSPS) is 11.1. The summed E-state index contributed by atoms with van der Waals surface area (Å²) in [6.07, 6.45) is -1.52. The summed E-state index contributed by atoms with van der Waals surface area (Å²) in [5.41, 5.74) is 0.144. The molecule has 0 saturated carbocycles. The molecule has 0 radical (unpaired) electrons. The molecular formula is C19H14F3N3O2. The molecule has 2 heterocycles. The summed E-state index contributed by atoms with van der Waals surface area (Å²) in [5, 5.41) is 2.60. The van der Waals surface area contributed by atoms with Gasteiger partial charge in [0.2, 0.25) is 5.88 Å². The number of rotatable bonds is 4. The monoisotopic (exact) mass is 373 g/mol. The third-order valence-corrected chi connectivity index (χ3v) is 3.54. The summed E-state index contributed by atoms with van der Waals surface area (Å²) in [5.74, 6) is -0.395. The van der Waals surface area contributed by atoms with Crippen molar-refractivity contribution in [2.75, 3.05) is 5.32 Å². The number of nitrogens with zero attached hydrogens (tertiary/aromatic N) is 2. The number of nitrogens with one attached hydrogen (secondary N) is 1. The lowest BCUT2D eigenvalue weighted by Gasteiger charge is -2.12. The van der Waals surface area contributed by atoms with E-state index in [1.54, 1.807) is 18.3 Å². The molecule has 3 aromatic rings. The zero-order valence-electron chi connectivity index (χ0n) is 14.1. The molecule has 3 rings (SSSR count). The Morgan fingerprint density at radius 3 is 2.59 bits per heavy atom. The van der Waals surface area contributed by atoms with E-state index < -0.39 is 17.6 Å². The number of pyridine rings is 2. The Hall–Kier alpha value is -3.42. The molecule has 1 amide bonds. The Kier molecular flexibility index (Phi) is 5.07. The fraction of sp³-hybridized carbons (Fsp3) is 0.105. The maximum atomic E-state index is 12.8. The smallest absolute Gasteiger partial charge is 0.416 e. The van der Waals surface area contributed by atoms with Gasteiger partial charge in [-0.25, -0.2) is 9.97 Å². The number of ether oxygens (including phenoxy) is 1. The molecule has 2 aromatic heterocycles. The Morgan fingerprint density at radius 2 is 1.89 bits per heavy atom. The lowest BCUT2D eigenvalue weighted by Crippen LogP contribution is -2.14. The van der Waals surface area contributed by atoms with Gasteiger partial charge in [-0.15, -0.1) is 0 Å². The minimum absolute atomic E-state index is 0.0669. The molecule has 0 fully saturated rings. The lowest BCUT2D eigenvalue weighted by atomic mass is 10.2. The third-order valence-electron chi connectivity index (χ3n) is 3.54. The number of alkyl halides is 3. The minimum atomic E-state index is -4.50. The fourth-order valence-electron chi connectivity index (χ4n) is 2.22. The highest BCUT2D eigenvalue weighted by Gasteiger charge is 2.30. The number of carbonyl (C=O) groups is 1. The zero-order valence-corrected chi connectivity index (χ0v) is 14.1. The van der Waals surface area contributed by atoms with E-state index in [4.69, 9.17) is 4.74 Å². The summed E-state index contributed by atoms with van der Waals surface area (Å²) >= 11 is 0. The molecule has 0 saturated heterocycles. The number of anilines is 1. The summed E-state index contributed by atoms with van der Waals surface area (Å²) in [7, 11) is 0. The Bertz CT molecular complexity index is 957. The second-order valence-electron chi connectivity index (χ2n) is 5.66. The van der Waals surface area contributed by atoms with Gasteiger partial charge >= 0.3 is 6.18 Å². The van der Waals surface area contributed by atoms with Gasteiger partial charge in [0, 0.05) is 12.4 Å². The molecule has 0 aliphatic rings. The van der Waals surface area contributed by atoms with Crippen molar-refractivity contribution < 1.29 is 22.7 Å². The van der Waals surface area contributed by atoms with Gasteiger partial charge in [0.05, 0.1) is 5.56 Å². The molecule has 8 heteroatoms. The van der Waals surface area contributed by atoms with Crippen LogP contribution in [0.2, 0.25) is 0 Å². The van der Waals surface area contributed by atoms with Crippen LogP contribution in [-0.2, 0) is 6.18 Å². The zero-order chi connectivity index (χ0) is 19.4. The average molecular weight is 373 g/mol. The predicted molar refractivity (Wildman–Crippen MR) is 92.7 cm³/mol. The number of hydrogen-bond acceptors (Lipinski definition) is 4. The van der Waals surface area contributed by atoms with Gasteiger partial charge in [0.1, 0.15) is 17.1 Å². The second kappa shape index (κ2) is 7.45. The van der Waals surface area contributed by atoms with Crippen molar-refractivity contribution >= 4 is 11.7 Å². The minimum Gasteiger partial charge on any atom is -0.438 e. The van der Waals surface area contributed by atoms with Crippen LogP contribution in [0, 0.1) is 6.92 Å². The van der Waals surface area contributed by atoms with Gasteiger partial charge in [0.25, 0.3) is 5.91 Å². The first-order valence-corrected chi connectivity index (χ1v) is 7.87. The van der Waals surface area contributed by atoms with Crippen LogP contribution in [0.15, 0.2) is 60.9 Å². The molecule has 0 aliphatic carbocycles. The first kappa shape index (κ1) is 18.4. The quantitative estimate of drug-likeness (QED) is 0.710. The number of halogens is 3. The van der Waals surface area contributed by atoms with Crippen molar-refractivity contribution in [3.05, 3.63) is 77.6 Å². The number of aromatic nitrogens is 2. The summed E-state index contributed by atoms with van der Waals surface area (Å²) in [6, 6.07) is 10.8. The van der Waals surface area contributed by atoms with Crippen LogP contribution in [0.3, 0.4) is 0 Å². The van der Waals surface area contributed by atoms with Gasteiger partial charge in [0.15, 0.2) is 0 Å². The highest BCUT2D eigenvalue weighted by Crippen LogP contribution is 2.33. The van der Waals surface area contributed by atoms with E-state index >= 15 is 0 Å². The van der Waals surface area contributed by atoms with Crippen LogP contribution in [-0.4, -0.2) is 15.9 Å². The summed E-state index contributed by atoms with van der Waals surface area (Å²) in [6.45, 7) is 1.86. The van der Waals surface area contributed by atoms with E-state index in [0.717, 1.165) is 17.7 Å². The number of amides is 1. The molecule has 0 aliphatic heterocycles. The van der Waals surface area contributed by atoms with E-state index in [2.05, 4.69) is 15.3 Å². The second-order valence-corrected chi connectivity index (χ2v) is 5.66. The van der Waals surface area contributed by atoms with Gasteiger partial charge in [-0.3, -0.25) is 4.79 Å². The van der Waals surface area contributed by atoms with E-state index in [-0.39, 0.29) is 17.2 Å². The maximum absolute atomic E-state index is 12.8. The largest absolute Gasteiger partial charge is 0.438 e. The molecule has 0 spiro atoms. The van der Waals surface area contributed by atoms with Crippen LogP contribution in [0.25, 0.3) is 0 Å². The molecule has 1 N–H and O–H groups in total. The van der Waals surface area contributed by atoms with Gasteiger partial charge < -0.3 is 10.1 Å². The molecular weight excluding hydrogens is 359 g/mol. The number of hydrogen-bond donors (Lipinski definition) is 1. The molecule has 27 heavy (non-hydrogen) atoms. The van der Waals surface area contributed by atoms with Crippen molar-refractivity contribution in [3.63, 3.8) is 0 Å². The predicted octanol–water partition coefficient (Wildman–Crippen LogP) is 4.85.